The summed E-state index contributed by atoms with van der Waals surface area (Å²) in [6.45, 7) is 8.80. The Labute approximate surface area is 284 Å². The molecule has 7 nitrogen and oxygen atoms in total. The maximum absolute atomic E-state index is 12.7. The molecule has 2 aliphatic carbocycles. The normalized spacial score (nSPS) is 25.4. The Bertz CT molecular complexity index is 1650. The molecule has 3 aromatic rings. The molecule has 3 aliphatic rings. The van der Waals surface area contributed by atoms with E-state index in [4.69, 9.17) is 18.4 Å². The summed E-state index contributed by atoms with van der Waals surface area (Å²) in [4.78, 5) is 12.7. The average Bonchev–Trinajstić information content (AvgIpc) is 3.53. The van der Waals surface area contributed by atoms with Crippen LogP contribution in [0.1, 0.15) is 44.7 Å². The molecule has 2 saturated carbocycles. The number of carbonyl (C=O) groups excluding carboxylic acids is 1. The Balaban J connectivity index is 1.09. The fraction of sp³-hybridized carbons (Fsp3) is 0.387. The molecule has 3 fully saturated rings. The van der Waals surface area contributed by atoms with E-state index in [0.29, 0.717) is 27.9 Å². The van der Waals surface area contributed by atoms with Gasteiger partial charge in [0.2, 0.25) is 0 Å². The molecule has 1 heterocycles. The second-order valence-electron chi connectivity index (χ2n) is 12.0. The van der Waals surface area contributed by atoms with Gasteiger partial charge in [-0.3, -0.25) is 4.18 Å². The molecule has 0 N–H and O–H groups in total. The minimum Gasteiger partial charge on any atom is -0.456 e. The summed E-state index contributed by atoms with van der Waals surface area (Å²) in [6.07, 6.45) is -0.905. The smallest absolute Gasteiger partial charge is 0.456 e. The number of hydrogen-bond donors (Lipinski definition) is 0. The first-order valence-electron chi connectivity index (χ1n) is 13.6. The maximum atomic E-state index is 12.7. The van der Waals surface area contributed by atoms with E-state index in [1.54, 1.807) is 6.07 Å². The molecule has 0 aromatic heterocycles. The van der Waals surface area contributed by atoms with E-state index < -0.39 is 33.7 Å². The highest BCUT2D eigenvalue weighted by Crippen LogP contribution is 2.55. The number of halogens is 3. The molecule has 1 aliphatic heterocycles. The number of fused-ring (bicyclic) bond motifs is 1. The quantitative estimate of drug-likeness (QED) is 0.157. The molecule has 1 saturated heterocycles. The van der Waals surface area contributed by atoms with Crippen molar-refractivity contribution < 1.29 is 52.8 Å². The monoisotopic (exact) mass is 927 g/mol. The lowest BCUT2D eigenvalue weighted by atomic mass is 9.87. The summed E-state index contributed by atoms with van der Waals surface area (Å²) < 4.78 is 51.2. The summed E-state index contributed by atoms with van der Waals surface area (Å²) in [5, 5.41) is -0.467. The molecule has 42 heavy (non-hydrogen) atoms. The van der Waals surface area contributed by atoms with Gasteiger partial charge in [-0.1, -0.05) is 32.9 Å². The van der Waals surface area contributed by atoms with Crippen molar-refractivity contribution in [2.45, 2.75) is 63.4 Å². The molecule has 0 spiro atoms. The van der Waals surface area contributed by atoms with Gasteiger partial charge in [-0.2, -0.15) is 8.42 Å². The van der Waals surface area contributed by atoms with Gasteiger partial charge in [0, 0.05) is 17.4 Å². The van der Waals surface area contributed by atoms with Crippen molar-refractivity contribution in [2.24, 2.45) is 11.8 Å². The molecule has 3 aromatic carbocycles. The van der Waals surface area contributed by atoms with Crippen LogP contribution in [0.2, 0.25) is 0 Å². The van der Waals surface area contributed by atoms with Gasteiger partial charge in [0.1, 0.15) is 29.5 Å². The predicted molar refractivity (Wildman–Crippen MR) is 170 cm³/mol. The number of benzene rings is 3. The number of rotatable bonds is 6. The molecule has 0 radical (unpaired) electrons. The number of aryl methyl sites for hydroxylation is 1. The highest BCUT2D eigenvalue weighted by molar-refractivity contribution is 14.1. The second-order valence-corrected chi connectivity index (χ2v) is 19.1. The van der Waals surface area contributed by atoms with E-state index in [2.05, 4.69) is 109 Å². The Morgan fingerprint density at radius 3 is 2.36 bits per heavy atom. The molecule has 222 valence electrons. The lowest BCUT2D eigenvalue weighted by Gasteiger charge is -2.24. The fourth-order valence-electron chi connectivity index (χ4n) is 5.98. The van der Waals surface area contributed by atoms with Gasteiger partial charge in [-0.25, -0.2) is 4.79 Å². The van der Waals surface area contributed by atoms with Crippen LogP contribution in [0.15, 0.2) is 54.6 Å². The lowest BCUT2D eigenvalue weighted by Crippen LogP contribution is -3.61. The predicted octanol–water partition coefficient (Wildman–Crippen LogP) is 4.44. The minimum atomic E-state index is -3.57. The van der Waals surface area contributed by atoms with Gasteiger partial charge in [0.25, 0.3) is 10.1 Å². The lowest BCUT2D eigenvalue weighted by molar-refractivity contribution is -0.598. The van der Waals surface area contributed by atoms with Crippen molar-refractivity contribution in [2.75, 3.05) is 0 Å². The van der Waals surface area contributed by atoms with Gasteiger partial charge in [-0.05, 0) is 118 Å². The SMILES string of the molecule is Cc1cc(Oc2cc(I)c(OC(=O)OC3C4CC5C3OS(=O)(=O)C5C4)cc2I)ccc1[I+]c1ccc(C(C)(C)C)cc1. The van der Waals surface area contributed by atoms with Gasteiger partial charge >= 0.3 is 27.4 Å². The molecular weight excluding hydrogens is 897 g/mol. The zero-order chi connectivity index (χ0) is 30.0. The summed E-state index contributed by atoms with van der Waals surface area (Å²) in [5.74, 6) is 1.63. The largest absolute Gasteiger partial charge is 0.514 e. The average molecular weight is 927 g/mol. The molecule has 0 amide bonds. The molecule has 5 atom stereocenters. The molecule has 5 unspecified atom stereocenters. The van der Waals surface area contributed by atoms with Gasteiger partial charge in [0.05, 0.1) is 12.4 Å². The van der Waals surface area contributed by atoms with Crippen LogP contribution in [0.4, 0.5) is 4.79 Å². The van der Waals surface area contributed by atoms with Crippen molar-refractivity contribution in [1.29, 1.82) is 0 Å². The topological polar surface area (TPSA) is 88.1 Å². The summed E-state index contributed by atoms with van der Waals surface area (Å²) >= 11 is 3.95. The van der Waals surface area contributed by atoms with E-state index in [1.807, 2.05) is 12.1 Å². The highest BCUT2D eigenvalue weighted by atomic mass is 127. The Morgan fingerprint density at radius 1 is 0.976 bits per heavy atom. The van der Waals surface area contributed by atoms with Crippen LogP contribution < -0.4 is 30.7 Å². The summed E-state index contributed by atoms with van der Waals surface area (Å²) in [6, 6.07) is 18.8. The first kappa shape index (κ1) is 30.8. The van der Waals surface area contributed by atoms with E-state index in [1.165, 1.54) is 18.3 Å². The van der Waals surface area contributed by atoms with Crippen molar-refractivity contribution >= 4 is 61.5 Å². The number of hydrogen-bond acceptors (Lipinski definition) is 7. The van der Waals surface area contributed by atoms with E-state index in [9.17, 15) is 13.2 Å². The van der Waals surface area contributed by atoms with Crippen molar-refractivity contribution in [3.05, 3.63) is 80.0 Å². The number of carbonyl (C=O) groups is 1. The van der Waals surface area contributed by atoms with Crippen LogP contribution in [0.3, 0.4) is 0 Å². The molecule has 6 rings (SSSR count). The first-order valence-corrected chi connectivity index (χ1v) is 19.4. The third kappa shape index (κ3) is 6.18. The van der Waals surface area contributed by atoms with Crippen LogP contribution in [0, 0.1) is 33.0 Å². The van der Waals surface area contributed by atoms with Gasteiger partial charge in [-0.15, -0.1) is 0 Å². The van der Waals surface area contributed by atoms with E-state index in [0.717, 1.165) is 9.32 Å². The highest BCUT2D eigenvalue weighted by Gasteiger charge is 2.65. The van der Waals surface area contributed by atoms with Crippen molar-refractivity contribution in [3.63, 3.8) is 0 Å². The van der Waals surface area contributed by atoms with Crippen LogP contribution in [0.5, 0.6) is 17.2 Å². The van der Waals surface area contributed by atoms with Gasteiger partial charge in [0.15, 0.2) is 7.14 Å². The van der Waals surface area contributed by atoms with Crippen LogP contribution in [0.25, 0.3) is 0 Å². The van der Waals surface area contributed by atoms with Crippen LogP contribution in [-0.2, 0) is 24.5 Å². The molecule has 2 bridgehead atoms. The number of ether oxygens (including phenoxy) is 3. The molecular formula is C31H30I3O7S+. The summed E-state index contributed by atoms with van der Waals surface area (Å²) in [7, 11) is -3.57. The van der Waals surface area contributed by atoms with E-state index in [-0.39, 0.29) is 38.5 Å². The molecule has 11 heteroatoms. The fourth-order valence-corrected chi connectivity index (χ4v) is 11.3. The van der Waals surface area contributed by atoms with Crippen LogP contribution in [-0.4, -0.2) is 32.0 Å². The van der Waals surface area contributed by atoms with Gasteiger partial charge < -0.3 is 14.2 Å². The van der Waals surface area contributed by atoms with Crippen molar-refractivity contribution in [1.82, 2.24) is 0 Å². The first-order chi connectivity index (χ1) is 19.8. The zero-order valence-corrected chi connectivity index (χ0v) is 30.7. The van der Waals surface area contributed by atoms with Crippen LogP contribution >= 0.6 is 45.2 Å². The minimum absolute atomic E-state index is 0.0178. The van der Waals surface area contributed by atoms with Crippen molar-refractivity contribution in [3.8, 4) is 17.2 Å². The summed E-state index contributed by atoms with van der Waals surface area (Å²) in [5.41, 5.74) is 2.68. The standard InChI is InChI=1S/C31H30I3O7S/c1-16-11-20(9-10-24(16)34-19-7-5-18(6-8-19)31(2,3)4)38-25-14-23(33)26(15-22(25)32)39-30(35)40-28-17-12-21-27(13-17)42(36,37)41-29(21)28/h5-11,14-15,17,21,27-29H,12-13H2,1-4H3/q+1. The third-order valence-corrected chi connectivity index (χ3v) is 14.7. The Morgan fingerprint density at radius 2 is 1.67 bits per heavy atom. The Hall–Kier alpha value is -1.17. The van der Waals surface area contributed by atoms with E-state index >= 15 is 0 Å². The third-order valence-electron chi connectivity index (χ3n) is 8.10. The zero-order valence-electron chi connectivity index (χ0n) is 23.4. The Kier molecular flexibility index (Phi) is 8.55. The second kappa shape index (κ2) is 11.6. The maximum Gasteiger partial charge on any atom is 0.514 e.